The van der Waals surface area contributed by atoms with E-state index in [0.717, 1.165) is 37.5 Å². The van der Waals surface area contributed by atoms with Crippen molar-refractivity contribution in [2.24, 2.45) is 11.8 Å². The summed E-state index contributed by atoms with van der Waals surface area (Å²) in [5.74, 6) is 1.56. The number of esters is 2. The van der Waals surface area contributed by atoms with Crippen molar-refractivity contribution in [3.63, 3.8) is 0 Å². The second-order valence-electron chi connectivity index (χ2n) is 14.5. The summed E-state index contributed by atoms with van der Waals surface area (Å²) in [6.07, 6.45) is 36.8. The SMILES string of the molecule is CC(C)CCCCCOC(=O)CCCCCCCCCCCCCCCCCCCCCCC(=O)OCCCCCC(C)C. The summed E-state index contributed by atoms with van der Waals surface area (Å²) in [6.45, 7) is 10.3. The van der Waals surface area contributed by atoms with Gasteiger partial charge in [-0.25, -0.2) is 0 Å². The topological polar surface area (TPSA) is 52.6 Å². The van der Waals surface area contributed by atoms with Crippen LogP contribution in [0.1, 0.15) is 220 Å². The van der Waals surface area contributed by atoms with Gasteiger partial charge in [0.15, 0.2) is 0 Å². The zero-order chi connectivity index (χ0) is 32.4. The summed E-state index contributed by atoms with van der Waals surface area (Å²) in [7, 11) is 0. The second kappa shape index (κ2) is 34.8. The molecule has 0 saturated carbocycles. The maximum atomic E-state index is 11.8. The first-order valence-corrected chi connectivity index (χ1v) is 19.7. The minimum atomic E-state index is 0.00531. The third kappa shape index (κ3) is 37.1. The van der Waals surface area contributed by atoms with Gasteiger partial charge in [0.2, 0.25) is 0 Å². The summed E-state index contributed by atoms with van der Waals surface area (Å²) in [6, 6.07) is 0. The van der Waals surface area contributed by atoms with Crippen LogP contribution in [0.2, 0.25) is 0 Å². The molecule has 0 heterocycles. The van der Waals surface area contributed by atoms with E-state index < -0.39 is 0 Å². The zero-order valence-corrected chi connectivity index (χ0v) is 30.4. The molecule has 0 aromatic heterocycles. The summed E-state index contributed by atoms with van der Waals surface area (Å²) in [5.41, 5.74) is 0. The van der Waals surface area contributed by atoms with E-state index in [1.165, 1.54) is 154 Å². The molecule has 0 aliphatic heterocycles. The van der Waals surface area contributed by atoms with Crippen molar-refractivity contribution in [3.05, 3.63) is 0 Å². The van der Waals surface area contributed by atoms with Crippen molar-refractivity contribution in [3.8, 4) is 0 Å². The second-order valence-corrected chi connectivity index (χ2v) is 14.5. The van der Waals surface area contributed by atoms with E-state index in [-0.39, 0.29) is 11.9 Å². The summed E-state index contributed by atoms with van der Waals surface area (Å²) in [5, 5.41) is 0. The van der Waals surface area contributed by atoms with E-state index in [9.17, 15) is 9.59 Å². The van der Waals surface area contributed by atoms with Crippen molar-refractivity contribution < 1.29 is 19.1 Å². The lowest BCUT2D eigenvalue weighted by Crippen LogP contribution is -2.05. The monoisotopic (exact) mass is 623 g/mol. The van der Waals surface area contributed by atoms with Gasteiger partial charge in [-0.05, 0) is 37.5 Å². The maximum absolute atomic E-state index is 11.8. The van der Waals surface area contributed by atoms with E-state index in [0.29, 0.717) is 26.1 Å². The van der Waals surface area contributed by atoms with Gasteiger partial charge in [0, 0.05) is 12.8 Å². The lowest BCUT2D eigenvalue weighted by atomic mass is 10.0. The molecule has 0 spiro atoms. The molecule has 0 unspecified atom stereocenters. The molecule has 0 amide bonds. The first-order chi connectivity index (χ1) is 21.4. The molecule has 0 N–H and O–H groups in total. The minimum absolute atomic E-state index is 0.00531. The predicted molar refractivity (Wildman–Crippen MR) is 190 cm³/mol. The predicted octanol–water partition coefficient (Wildman–Crippen LogP) is 13.1. The van der Waals surface area contributed by atoms with Gasteiger partial charge in [-0.1, -0.05) is 182 Å². The molecule has 0 aliphatic carbocycles. The Morgan fingerprint density at radius 2 is 0.568 bits per heavy atom. The number of carbonyl (C=O) groups is 2. The third-order valence-electron chi connectivity index (χ3n) is 8.89. The summed E-state index contributed by atoms with van der Waals surface area (Å²) in [4.78, 5) is 23.6. The van der Waals surface area contributed by atoms with Crippen LogP contribution >= 0.6 is 0 Å². The Morgan fingerprint density at radius 3 is 0.818 bits per heavy atom. The first kappa shape index (κ1) is 42.9. The van der Waals surface area contributed by atoms with Crippen LogP contribution in [0.5, 0.6) is 0 Å². The lowest BCUT2D eigenvalue weighted by Gasteiger charge is -2.06. The van der Waals surface area contributed by atoms with E-state index >= 15 is 0 Å². The standard InChI is InChI=1S/C40H78O4/c1-37(2)31-25-23-29-35-43-39(41)33-27-21-19-17-15-13-11-9-7-5-6-8-10-12-14-16-18-20-22-28-34-40(42)44-36-30-24-26-32-38(3)4/h37-38H,5-36H2,1-4H3. The fraction of sp³-hybridized carbons (Fsp3) is 0.950. The Bertz CT molecular complexity index is 548. The van der Waals surface area contributed by atoms with Crippen molar-refractivity contribution >= 4 is 11.9 Å². The molecule has 4 nitrogen and oxygen atoms in total. The van der Waals surface area contributed by atoms with Crippen LogP contribution in [0.25, 0.3) is 0 Å². The number of ether oxygens (including phenoxy) is 2. The number of unbranched alkanes of at least 4 members (excludes halogenated alkanes) is 23. The quantitative estimate of drug-likeness (QED) is 0.0521. The Balaban J connectivity index is 3.18. The van der Waals surface area contributed by atoms with Crippen molar-refractivity contribution in [1.82, 2.24) is 0 Å². The molecular formula is C40H78O4. The number of carbonyl (C=O) groups excluding carboxylic acids is 2. The van der Waals surface area contributed by atoms with E-state index in [2.05, 4.69) is 27.7 Å². The Hall–Kier alpha value is -1.06. The Labute approximate surface area is 276 Å². The largest absolute Gasteiger partial charge is 0.466 e. The van der Waals surface area contributed by atoms with Gasteiger partial charge >= 0.3 is 11.9 Å². The molecule has 0 fully saturated rings. The van der Waals surface area contributed by atoms with E-state index in [1.807, 2.05) is 0 Å². The molecule has 0 bridgehead atoms. The van der Waals surface area contributed by atoms with Crippen LogP contribution in [0, 0.1) is 11.8 Å². The highest BCUT2D eigenvalue weighted by atomic mass is 16.5. The van der Waals surface area contributed by atoms with Crippen LogP contribution in [-0.4, -0.2) is 25.2 Å². The number of hydrogen-bond donors (Lipinski definition) is 0. The van der Waals surface area contributed by atoms with Gasteiger partial charge in [-0.15, -0.1) is 0 Å². The fourth-order valence-corrected chi connectivity index (χ4v) is 5.90. The number of rotatable bonds is 35. The van der Waals surface area contributed by atoms with Crippen LogP contribution in [0.3, 0.4) is 0 Å². The molecule has 0 atom stereocenters. The van der Waals surface area contributed by atoms with Crippen LogP contribution < -0.4 is 0 Å². The molecule has 0 rings (SSSR count). The van der Waals surface area contributed by atoms with E-state index in [4.69, 9.17) is 9.47 Å². The maximum Gasteiger partial charge on any atom is 0.305 e. The van der Waals surface area contributed by atoms with Gasteiger partial charge in [0.1, 0.15) is 0 Å². The highest BCUT2D eigenvalue weighted by Crippen LogP contribution is 2.16. The molecule has 0 aliphatic rings. The lowest BCUT2D eigenvalue weighted by molar-refractivity contribution is -0.144. The molecule has 262 valence electrons. The van der Waals surface area contributed by atoms with Gasteiger partial charge < -0.3 is 9.47 Å². The van der Waals surface area contributed by atoms with E-state index in [1.54, 1.807) is 0 Å². The first-order valence-electron chi connectivity index (χ1n) is 19.7. The van der Waals surface area contributed by atoms with Crippen molar-refractivity contribution in [2.45, 2.75) is 220 Å². The van der Waals surface area contributed by atoms with Crippen molar-refractivity contribution in [1.29, 1.82) is 0 Å². The number of hydrogen-bond acceptors (Lipinski definition) is 4. The molecule has 0 radical (unpaired) electrons. The van der Waals surface area contributed by atoms with Crippen LogP contribution in [0.15, 0.2) is 0 Å². The highest BCUT2D eigenvalue weighted by molar-refractivity contribution is 5.69. The van der Waals surface area contributed by atoms with Crippen molar-refractivity contribution in [2.75, 3.05) is 13.2 Å². The molecule has 0 saturated heterocycles. The summed E-state index contributed by atoms with van der Waals surface area (Å²) < 4.78 is 10.7. The van der Waals surface area contributed by atoms with Crippen LogP contribution in [-0.2, 0) is 19.1 Å². The Kier molecular flexibility index (Phi) is 34.0. The van der Waals surface area contributed by atoms with Crippen LogP contribution in [0.4, 0.5) is 0 Å². The minimum Gasteiger partial charge on any atom is -0.466 e. The van der Waals surface area contributed by atoms with Gasteiger partial charge in [-0.3, -0.25) is 9.59 Å². The smallest absolute Gasteiger partial charge is 0.305 e. The molecule has 0 aromatic rings. The summed E-state index contributed by atoms with van der Waals surface area (Å²) >= 11 is 0. The molecular weight excluding hydrogens is 544 g/mol. The van der Waals surface area contributed by atoms with Gasteiger partial charge in [0.05, 0.1) is 13.2 Å². The average Bonchev–Trinajstić information content (AvgIpc) is 2.98. The molecule has 0 aromatic carbocycles. The fourth-order valence-electron chi connectivity index (χ4n) is 5.90. The third-order valence-corrected chi connectivity index (χ3v) is 8.89. The Morgan fingerprint density at radius 1 is 0.341 bits per heavy atom. The molecule has 4 heteroatoms. The average molecular weight is 623 g/mol. The van der Waals surface area contributed by atoms with Gasteiger partial charge in [0.25, 0.3) is 0 Å². The van der Waals surface area contributed by atoms with Gasteiger partial charge in [-0.2, -0.15) is 0 Å². The zero-order valence-electron chi connectivity index (χ0n) is 30.4. The normalized spacial score (nSPS) is 11.5. The highest BCUT2D eigenvalue weighted by Gasteiger charge is 2.04. The molecule has 44 heavy (non-hydrogen) atoms.